The number of hydrogen-bond acceptors (Lipinski definition) is 3. The number of nitrogens with zero attached hydrogens (tertiary/aromatic N) is 2. The van der Waals surface area contributed by atoms with Crippen LogP contribution >= 0.6 is 0 Å². The Morgan fingerprint density at radius 2 is 1.34 bits per heavy atom. The smallest absolute Gasteiger partial charge is 0.0852 e. The Balaban J connectivity index is 0.853. The lowest BCUT2D eigenvalue weighted by molar-refractivity contribution is -0.0334. The molecule has 14 aliphatic rings. The van der Waals surface area contributed by atoms with Crippen LogP contribution in [0.25, 0.3) is 0 Å². The SMILES string of the molecule is CC1(C)C2C=CCCC2C2CCC(N(C3C=CC=CC3)C3CCC4C5CCC=CC5C5(C6CCC=CC6C6C(N(C7C=CCCC7)C7C=CCC8C9CCCCC9OC87)=CCCC65)C4C3)=CC21. The van der Waals surface area contributed by atoms with Gasteiger partial charge in [0.15, 0.2) is 0 Å². The lowest BCUT2D eigenvalue weighted by Gasteiger charge is -2.54. The van der Waals surface area contributed by atoms with Crippen molar-refractivity contribution in [2.75, 3.05) is 0 Å². The Labute approximate surface area is 406 Å². The zero-order valence-corrected chi connectivity index (χ0v) is 41.6. The molecule has 0 aromatic heterocycles. The molecular formula is C64H86N2O. The van der Waals surface area contributed by atoms with Crippen LogP contribution in [0, 0.1) is 93.7 Å². The van der Waals surface area contributed by atoms with Crippen LogP contribution < -0.4 is 0 Å². The van der Waals surface area contributed by atoms with Gasteiger partial charge in [0.05, 0.1) is 24.3 Å². The number of rotatable bonds is 6. The molecule has 5 saturated carbocycles. The molecule has 14 rings (SSSR count). The molecule has 1 aliphatic heterocycles. The summed E-state index contributed by atoms with van der Waals surface area (Å²) >= 11 is 0. The maximum atomic E-state index is 7.40. The summed E-state index contributed by atoms with van der Waals surface area (Å²) in [6, 6.07) is 1.99. The van der Waals surface area contributed by atoms with E-state index in [-0.39, 0.29) is 0 Å². The van der Waals surface area contributed by atoms with E-state index in [1.54, 1.807) is 11.4 Å². The van der Waals surface area contributed by atoms with Crippen molar-refractivity contribution in [1.82, 2.24) is 9.80 Å². The van der Waals surface area contributed by atoms with Crippen LogP contribution in [0.3, 0.4) is 0 Å². The summed E-state index contributed by atoms with van der Waals surface area (Å²) in [7, 11) is 0. The highest BCUT2D eigenvalue weighted by molar-refractivity contribution is 5.35. The first kappa shape index (κ1) is 43.0. The van der Waals surface area contributed by atoms with Gasteiger partial charge in [0.25, 0.3) is 0 Å². The summed E-state index contributed by atoms with van der Waals surface area (Å²) in [5, 5.41) is 0. The molecule has 3 nitrogen and oxygen atoms in total. The highest BCUT2D eigenvalue weighted by atomic mass is 16.5. The minimum Gasteiger partial charge on any atom is -0.372 e. The second kappa shape index (κ2) is 16.9. The summed E-state index contributed by atoms with van der Waals surface area (Å²) in [5.74, 6) is 10.8. The van der Waals surface area contributed by atoms with Crippen molar-refractivity contribution in [3.63, 3.8) is 0 Å². The van der Waals surface area contributed by atoms with Crippen molar-refractivity contribution < 1.29 is 4.74 Å². The van der Waals surface area contributed by atoms with E-state index in [2.05, 4.69) is 121 Å². The maximum Gasteiger partial charge on any atom is 0.0852 e. The first-order valence-electron chi connectivity index (χ1n) is 29.3. The van der Waals surface area contributed by atoms with Gasteiger partial charge in [-0.15, -0.1) is 0 Å². The van der Waals surface area contributed by atoms with Crippen LogP contribution in [0.5, 0.6) is 0 Å². The molecule has 0 radical (unpaired) electrons. The summed E-state index contributed by atoms with van der Waals surface area (Å²) < 4.78 is 7.40. The van der Waals surface area contributed by atoms with Crippen LogP contribution in [0.15, 0.2) is 109 Å². The lowest BCUT2D eigenvalue weighted by atomic mass is 9.54. The predicted octanol–water partition coefficient (Wildman–Crippen LogP) is 14.9. The molecule has 21 atom stereocenters. The Kier molecular flexibility index (Phi) is 10.9. The highest BCUT2D eigenvalue weighted by Crippen LogP contribution is 2.77. The van der Waals surface area contributed by atoms with Gasteiger partial charge in [0, 0.05) is 29.4 Å². The van der Waals surface area contributed by atoms with Gasteiger partial charge in [0.1, 0.15) is 0 Å². The van der Waals surface area contributed by atoms with Crippen LogP contribution in [0.4, 0.5) is 0 Å². The van der Waals surface area contributed by atoms with E-state index in [1.165, 1.54) is 141 Å². The molecule has 21 unspecified atom stereocenters. The van der Waals surface area contributed by atoms with Gasteiger partial charge in [-0.25, -0.2) is 0 Å². The molecule has 67 heavy (non-hydrogen) atoms. The molecule has 358 valence electrons. The quantitative estimate of drug-likeness (QED) is 0.247. The molecule has 1 spiro atoms. The van der Waals surface area contributed by atoms with Crippen molar-refractivity contribution in [2.24, 2.45) is 93.7 Å². The molecule has 0 aromatic rings. The minimum atomic E-state index is 0.341. The third-order valence-corrected chi connectivity index (χ3v) is 23.6. The van der Waals surface area contributed by atoms with Gasteiger partial charge in [-0.05, 0) is 216 Å². The van der Waals surface area contributed by atoms with Gasteiger partial charge < -0.3 is 14.5 Å². The molecule has 1 saturated heterocycles. The fourth-order valence-electron chi connectivity index (χ4n) is 21.5. The number of allylic oxidation sites excluding steroid dienone is 14. The van der Waals surface area contributed by atoms with Crippen LogP contribution in [-0.2, 0) is 4.74 Å². The van der Waals surface area contributed by atoms with E-state index >= 15 is 0 Å². The maximum absolute atomic E-state index is 7.40. The first-order valence-corrected chi connectivity index (χ1v) is 29.3. The Morgan fingerprint density at radius 3 is 2.21 bits per heavy atom. The second-order valence-electron chi connectivity index (χ2n) is 26.1. The van der Waals surface area contributed by atoms with E-state index < -0.39 is 0 Å². The van der Waals surface area contributed by atoms with Gasteiger partial charge >= 0.3 is 0 Å². The number of ether oxygens (including phenoxy) is 1. The zero-order chi connectivity index (χ0) is 44.4. The predicted molar refractivity (Wildman–Crippen MR) is 274 cm³/mol. The van der Waals surface area contributed by atoms with Gasteiger partial charge in [-0.2, -0.15) is 0 Å². The standard InChI is InChI=1S/C64H86N2O/c1-63(2)52-28-13-9-23-45(52)47-37-35-43(39-56(47)63)65(41-19-5-3-6-20-41)44-36-38-48-46-24-10-14-29-53(46)64(57(48)40-44)54-30-15-11-26-51(54)61-55(64)31-18-32-58(61)66(42-21-7-4-8-22-42)59-33-17-27-50-49-25-12-16-34-60(49)67-62(50)59/h3,5-7,11,13-14,17,19,21,26,28-29,32-33,39,41-42,44-57,59-62H,4,8-10,12,15-16,18,20,22-25,27,30-31,34-38,40H2,1-2H3. The van der Waals surface area contributed by atoms with Gasteiger partial charge in [-0.1, -0.05) is 124 Å². The second-order valence-corrected chi connectivity index (χ2v) is 26.1. The average Bonchev–Trinajstić information content (AvgIpc) is 4.07. The van der Waals surface area contributed by atoms with E-state index in [0.717, 1.165) is 59.2 Å². The number of fused-ring (bicyclic) bond motifs is 16. The fourth-order valence-corrected chi connectivity index (χ4v) is 21.5. The molecule has 3 heteroatoms. The minimum absolute atomic E-state index is 0.341. The Morgan fingerprint density at radius 1 is 0.537 bits per heavy atom. The lowest BCUT2D eigenvalue weighted by Crippen LogP contribution is -2.53. The van der Waals surface area contributed by atoms with E-state index in [0.29, 0.717) is 70.9 Å². The summed E-state index contributed by atoms with van der Waals surface area (Å²) in [6.45, 7) is 5.31. The normalized spacial score (nSPS) is 50.3. The monoisotopic (exact) mass is 899 g/mol. The van der Waals surface area contributed by atoms with E-state index in [4.69, 9.17) is 4.74 Å². The molecule has 1 heterocycles. The summed E-state index contributed by atoms with van der Waals surface area (Å²) in [5.41, 5.74) is 4.26. The van der Waals surface area contributed by atoms with Crippen molar-refractivity contribution in [3.8, 4) is 0 Å². The average molecular weight is 899 g/mol. The molecule has 0 N–H and O–H groups in total. The van der Waals surface area contributed by atoms with Crippen LogP contribution in [0.2, 0.25) is 0 Å². The zero-order valence-electron chi connectivity index (χ0n) is 41.6. The Bertz CT molecular complexity index is 2180. The van der Waals surface area contributed by atoms with Gasteiger partial charge in [0.2, 0.25) is 0 Å². The molecule has 13 aliphatic carbocycles. The largest absolute Gasteiger partial charge is 0.372 e. The molecule has 0 amide bonds. The topological polar surface area (TPSA) is 15.7 Å². The van der Waals surface area contributed by atoms with Crippen LogP contribution in [-0.4, -0.2) is 46.2 Å². The molecule has 0 bridgehead atoms. The molecule has 6 fully saturated rings. The third-order valence-electron chi connectivity index (χ3n) is 23.6. The summed E-state index contributed by atoms with van der Waals surface area (Å²) in [4.78, 5) is 6.27. The third kappa shape index (κ3) is 6.48. The highest BCUT2D eigenvalue weighted by Gasteiger charge is 2.73. The van der Waals surface area contributed by atoms with Crippen molar-refractivity contribution in [2.45, 2.75) is 191 Å². The molecular weight excluding hydrogens is 813 g/mol. The van der Waals surface area contributed by atoms with E-state index in [9.17, 15) is 0 Å². The first-order chi connectivity index (χ1) is 33.0. The van der Waals surface area contributed by atoms with Crippen molar-refractivity contribution in [1.29, 1.82) is 0 Å². The fraction of sp³-hybridized carbons (Fsp3) is 0.719. The Hall–Kier alpha value is -2.78. The van der Waals surface area contributed by atoms with Crippen LogP contribution in [0.1, 0.15) is 155 Å². The van der Waals surface area contributed by atoms with Crippen molar-refractivity contribution in [3.05, 3.63) is 109 Å². The van der Waals surface area contributed by atoms with Gasteiger partial charge in [-0.3, -0.25) is 0 Å². The molecule has 0 aromatic carbocycles. The van der Waals surface area contributed by atoms with E-state index in [1.807, 2.05) is 0 Å². The summed E-state index contributed by atoms with van der Waals surface area (Å²) in [6.07, 6.45) is 72.9. The number of hydrogen-bond donors (Lipinski definition) is 0. The van der Waals surface area contributed by atoms with Crippen molar-refractivity contribution >= 4 is 0 Å².